The molecule has 1 aromatic rings. The second-order valence-electron chi connectivity index (χ2n) is 7.83. The molecule has 3 aliphatic carbocycles. The van der Waals surface area contributed by atoms with E-state index in [0.29, 0.717) is 17.6 Å². The summed E-state index contributed by atoms with van der Waals surface area (Å²) < 4.78 is 0. The van der Waals surface area contributed by atoms with Gasteiger partial charge in [0.15, 0.2) is 5.79 Å². The molecule has 0 saturated heterocycles. The molecular formula is C18H24O4. The second kappa shape index (κ2) is 4.47. The van der Waals surface area contributed by atoms with E-state index in [0.717, 1.165) is 25.7 Å². The average molecular weight is 304 g/mol. The fourth-order valence-electron chi connectivity index (χ4n) is 5.60. The van der Waals surface area contributed by atoms with Crippen molar-refractivity contribution in [2.75, 3.05) is 0 Å². The van der Waals surface area contributed by atoms with Gasteiger partial charge in [-0.25, -0.2) is 0 Å². The van der Waals surface area contributed by atoms with Gasteiger partial charge in [-0.2, -0.15) is 0 Å². The van der Waals surface area contributed by atoms with Gasteiger partial charge in [0.2, 0.25) is 0 Å². The van der Waals surface area contributed by atoms with E-state index in [1.54, 1.807) is 6.07 Å². The summed E-state index contributed by atoms with van der Waals surface area (Å²) in [6.07, 6.45) is 2.87. The van der Waals surface area contributed by atoms with Crippen molar-refractivity contribution in [3.05, 3.63) is 29.3 Å². The van der Waals surface area contributed by atoms with Crippen LogP contribution < -0.4 is 0 Å². The Hall–Kier alpha value is -1.10. The maximum atomic E-state index is 10.4. The molecule has 0 spiro atoms. The van der Waals surface area contributed by atoms with Crippen molar-refractivity contribution in [3.63, 3.8) is 0 Å². The molecule has 4 rings (SSSR count). The molecule has 0 radical (unpaired) electrons. The molecule has 4 nitrogen and oxygen atoms in total. The van der Waals surface area contributed by atoms with Crippen molar-refractivity contribution < 1.29 is 20.4 Å². The highest BCUT2D eigenvalue weighted by Gasteiger charge is 2.63. The summed E-state index contributed by atoms with van der Waals surface area (Å²) >= 11 is 0. The lowest BCUT2D eigenvalue weighted by atomic mass is 9.55. The third-order valence-corrected chi connectivity index (χ3v) is 6.73. The van der Waals surface area contributed by atoms with Crippen LogP contribution in [0.25, 0.3) is 0 Å². The number of phenols is 1. The normalized spacial score (nSPS) is 42.4. The summed E-state index contributed by atoms with van der Waals surface area (Å²) in [7, 11) is 0. The number of aryl methyl sites for hydroxylation is 1. The highest BCUT2D eigenvalue weighted by molar-refractivity contribution is 5.40. The zero-order chi connectivity index (χ0) is 15.7. The highest BCUT2D eigenvalue weighted by Crippen LogP contribution is 2.62. The molecule has 0 aromatic heterocycles. The Kier molecular flexibility index (Phi) is 2.94. The van der Waals surface area contributed by atoms with Gasteiger partial charge in [-0.1, -0.05) is 13.0 Å². The Morgan fingerprint density at radius 2 is 1.95 bits per heavy atom. The summed E-state index contributed by atoms with van der Waals surface area (Å²) in [6.45, 7) is 2.01. The minimum Gasteiger partial charge on any atom is -0.508 e. The predicted molar refractivity (Wildman–Crippen MR) is 81.3 cm³/mol. The van der Waals surface area contributed by atoms with Crippen LogP contribution in [0.15, 0.2) is 18.2 Å². The summed E-state index contributed by atoms with van der Waals surface area (Å²) in [6, 6.07) is 5.65. The third-order valence-electron chi connectivity index (χ3n) is 6.73. The van der Waals surface area contributed by atoms with Gasteiger partial charge in [0.05, 0.1) is 0 Å². The number of hydrogen-bond acceptors (Lipinski definition) is 4. The van der Waals surface area contributed by atoms with E-state index < -0.39 is 17.3 Å². The fraction of sp³-hybridized carbons (Fsp3) is 0.667. The molecule has 22 heavy (non-hydrogen) atoms. The van der Waals surface area contributed by atoms with E-state index in [2.05, 4.69) is 0 Å². The summed E-state index contributed by atoms with van der Waals surface area (Å²) in [5.41, 5.74) is 2.13. The van der Waals surface area contributed by atoms with Crippen LogP contribution in [-0.2, 0) is 6.42 Å². The Balaban J connectivity index is 1.72. The van der Waals surface area contributed by atoms with E-state index in [-0.39, 0.29) is 12.3 Å². The lowest BCUT2D eigenvalue weighted by Gasteiger charge is -2.49. The third kappa shape index (κ3) is 1.81. The zero-order valence-corrected chi connectivity index (χ0v) is 12.9. The molecule has 3 aliphatic rings. The van der Waals surface area contributed by atoms with Gasteiger partial charge in [0.1, 0.15) is 11.9 Å². The topological polar surface area (TPSA) is 80.9 Å². The van der Waals surface area contributed by atoms with Crippen LogP contribution in [0.1, 0.15) is 49.7 Å². The first-order valence-electron chi connectivity index (χ1n) is 8.27. The molecule has 0 amide bonds. The molecule has 2 fully saturated rings. The largest absolute Gasteiger partial charge is 0.508 e. The summed E-state index contributed by atoms with van der Waals surface area (Å²) in [4.78, 5) is 0. The number of hydrogen-bond donors (Lipinski definition) is 4. The molecule has 4 N–H and O–H groups in total. The Bertz CT molecular complexity index is 611. The second-order valence-corrected chi connectivity index (χ2v) is 7.83. The molecule has 1 aromatic carbocycles. The standard InChI is InChI=1S/C18H24O4/c1-17-7-6-13-12-5-3-11(19)8-10(12)2-4-14(13)15(17)9-18(21,22)16(17)20/h3,5,8,13-16,19-22H,2,4,6-7,9H2,1H3/t13-,14-,15+,16+,17+/m1/s1. The van der Waals surface area contributed by atoms with Crippen molar-refractivity contribution in [2.45, 2.75) is 56.8 Å². The number of phenolic OH excluding ortho intramolecular Hbond substituents is 1. The fourth-order valence-corrected chi connectivity index (χ4v) is 5.60. The number of aliphatic hydroxyl groups excluding tert-OH is 1. The summed E-state index contributed by atoms with van der Waals surface area (Å²) in [5, 5.41) is 40.4. The van der Waals surface area contributed by atoms with Crippen LogP contribution in [0, 0.1) is 17.3 Å². The van der Waals surface area contributed by atoms with Crippen LogP contribution in [0.3, 0.4) is 0 Å². The Morgan fingerprint density at radius 3 is 2.73 bits per heavy atom. The lowest BCUT2D eigenvalue weighted by molar-refractivity contribution is -0.224. The first kappa shape index (κ1) is 14.5. The van der Waals surface area contributed by atoms with Crippen molar-refractivity contribution in [1.29, 1.82) is 0 Å². The molecule has 0 unspecified atom stereocenters. The van der Waals surface area contributed by atoms with Gasteiger partial charge < -0.3 is 20.4 Å². The van der Waals surface area contributed by atoms with Crippen LogP contribution >= 0.6 is 0 Å². The molecular weight excluding hydrogens is 280 g/mol. The number of aliphatic hydroxyl groups is 3. The lowest BCUT2D eigenvalue weighted by Crippen LogP contribution is -2.47. The molecule has 2 saturated carbocycles. The monoisotopic (exact) mass is 304 g/mol. The molecule has 5 atom stereocenters. The van der Waals surface area contributed by atoms with Crippen molar-refractivity contribution in [1.82, 2.24) is 0 Å². The van der Waals surface area contributed by atoms with Gasteiger partial charge in [-0.3, -0.25) is 0 Å². The molecule has 0 bridgehead atoms. The molecule has 4 heteroatoms. The Labute approximate surface area is 130 Å². The first-order valence-corrected chi connectivity index (χ1v) is 8.27. The van der Waals surface area contributed by atoms with Crippen LogP contribution in [-0.4, -0.2) is 32.3 Å². The van der Waals surface area contributed by atoms with Crippen LogP contribution in [0.4, 0.5) is 0 Å². The highest BCUT2D eigenvalue weighted by atomic mass is 16.5. The number of fused-ring (bicyclic) bond motifs is 5. The van der Waals surface area contributed by atoms with Gasteiger partial charge in [-0.15, -0.1) is 0 Å². The van der Waals surface area contributed by atoms with E-state index in [9.17, 15) is 20.4 Å². The first-order chi connectivity index (χ1) is 10.3. The van der Waals surface area contributed by atoms with E-state index in [1.165, 1.54) is 11.1 Å². The number of aromatic hydroxyl groups is 1. The molecule has 0 heterocycles. The van der Waals surface area contributed by atoms with Crippen LogP contribution in [0.5, 0.6) is 5.75 Å². The van der Waals surface area contributed by atoms with E-state index >= 15 is 0 Å². The van der Waals surface area contributed by atoms with E-state index in [1.807, 2.05) is 19.1 Å². The van der Waals surface area contributed by atoms with Gasteiger partial charge in [0.25, 0.3) is 0 Å². The SMILES string of the molecule is C[C@]12CC[C@@H]3c4ccc(O)cc4CC[C@H]3[C@@H]1CC(O)(O)[C@H]2O. The molecule has 0 aliphatic heterocycles. The predicted octanol–water partition coefficient (Wildman–Crippen LogP) is 1.90. The van der Waals surface area contributed by atoms with Crippen molar-refractivity contribution >= 4 is 0 Å². The Morgan fingerprint density at radius 1 is 1.18 bits per heavy atom. The van der Waals surface area contributed by atoms with Gasteiger partial charge in [-0.05, 0) is 66.7 Å². The van der Waals surface area contributed by atoms with Gasteiger partial charge >= 0.3 is 0 Å². The van der Waals surface area contributed by atoms with Gasteiger partial charge in [0, 0.05) is 11.8 Å². The number of rotatable bonds is 0. The van der Waals surface area contributed by atoms with Crippen molar-refractivity contribution in [3.8, 4) is 5.75 Å². The molecule has 120 valence electrons. The average Bonchev–Trinajstić information content (AvgIpc) is 2.66. The smallest absolute Gasteiger partial charge is 0.190 e. The number of benzene rings is 1. The minimum absolute atomic E-state index is 0.137. The van der Waals surface area contributed by atoms with Crippen LogP contribution in [0.2, 0.25) is 0 Å². The quantitative estimate of drug-likeness (QED) is 0.552. The van der Waals surface area contributed by atoms with E-state index in [4.69, 9.17) is 0 Å². The maximum Gasteiger partial charge on any atom is 0.190 e. The van der Waals surface area contributed by atoms with Crippen molar-refractivity contribution in [2.24, 2.45) is 17.3 Å². The summed E-state index contributed by atoms with van der Waals surface area (Å²) in [5.74, 6) is -0.712. The zero-order valence-electron chi connectivity index (χ0n) is 12.9. The minimum atomic E-state index is -1.95. The maximum absolute atomic E-state index is 10.4.